The molecule has 1 spiro atoms. The molecule has 5 rings (SSSR count). The Morgan fingerprint density at radius 2 is 1.87 bits per heavy atom. The molecule has 1 amide bonds. The molecule has 0 aliphatic carbocycles. The van der Waals surface area contributed by atoms with E-state index in [0.717, 1.165) is 25.6 Å². The number of aliphatic hydroxyl groups is 1. The maximum Gasteiger partial charge on any atom is 0.407 e. The van der Waals surface area contributed by atoms with E-state index in [0.29, 0.717) is 48.9 Å². The van der Waals surface area contributed by atoms with Gasteiger partial charge in [-0.2, -0.15) is 8.78 Å². The lowest BCUT2D eigenvalue weighted by Gasteiger charge is -2.60. The first kappa shape index (κ1) is 26.0. The zero-order chi connectivity index (χ0) is 27.6. The fourth-order valence-electron chi connectivity index (χ4n) is 5.18. The standard InChI is InChI=1S/C26H29F3N6O3/c1-14(17-6-5-7-19(20(17)27)26(28,29)24(3,4)38)31-22-18-8-16(9-30-21(18)32-15(2)33-22)34-10-25(11-34)12-35(13-25)23(36)37/h5-9,14,38H,10-13H2,1-4H3,(H,36,37)(H,30,31,32,33). The van der Waals surface area contributed by atoms with E-state index in [9.17, 15) is 18.7 Å². The van der Waals surface area contributed by atoms with E-state index in [1.807, 2.05) is 6.07 Å². The largest absolute Gasteiger partial charge is 0.465 e. The van der Waals surface area contributed by atoms with Crippen LogP contribution >= 0.6 is 0 Å². The van der Waals surface area contributed by atoms with Gasteiger partial charge in [-0.25, -0.2) is 24.1 Å². The van der Waals surface area contributed by atoms with E-state index in [-0.39, 0.29) is 11.0 Å². The van der Waals surface area contributed by atoms with E-state index < -0.39 is 35.0 Å². The molecule has 3 N–H and O–H groups in total. The van der Waals surface area contributed by atoms with E-state index in [2.05, 4.69) is 25.2 Å². The second-order valence-corrected chi connectivity index (χ2v) is 10.9. The van der Waals surface area contributed by atoms with Crippen LogP contribution in [0.2, 0.25) is 0 Å². The fraction of sp³-hybridized carbons (Fsp3) is 0.462. The number of pyridine rings is 1. The summed E-state index contributed by atoms with van der Waals surface area (Å²) in [4.78, 5) is 27.9. The predicted molar refractivity (Wildman–Crippen MR) is 135 cm³/mol. The van der Waals surface area contributed by atoms with Crippen molar-refractivity contribution in [2.75, 3.05) is 36.4 Å². The summed E-state index contributed by atoms with van der Waals surface area (Å²) in [7, 11) is 0. The number of likely N-dealkylation sites (tertiary alicyclic amines) is 1. The van der Waals surface area contributed by atoms with Crippen LogP contribution in [-0.4, -0.2) is 67.9 Å². The van der Waals surface area contributed by atoms with Crippen LogP contribution in [0.4, 0.5) is 29.5 Å². The summed E-state index contributed by atoms with van der Waals surface area (Å²) in [5.41, 5.74) is -2.13. The van der Waals surface area contributed by atoms with Gasteiger partial charge < -0.3 is 25.3 Å². The second kappa shape index (κ2) is 8.69. The van der Waals surface area contributed by atoms with Gasteiger partial charge in [0.1, 0.15) is 23.1 Å². The molecule has 202 valence electrons. The Kier molecular flexibility index (Phi) is 5.93. The Morgan fingerprint density at radius 1 is 1.18 bits per heavy atom. The van der Waals surface area contributed by atoms with Crippen LogP contribution in [0.3, 0.4) is 0 Å². The first-order chi connectivity index (χ1) is 17.7. The molecule has 1 aromatic carbocycles. The van der Waals surface area contributed by atoms with E-state index in [4.69, 9.17) is 5.11 Å². The number of carboxylic acid groups (broad SMARTS) is 1. The third kappa shape index (κ3) is 4.26. The highest BCUT2D eigenvalue weighted by molar-refractivity contribution is 5.89. The lowest BCUT2D eigenvalue weighted by atomic mass is 9.73. The number of alkyl halides is 2. The summed E-state index contributed by atoms with van der Waals surface area (Å²) in [6.45, 7) is 7.61. The minimum Gasteiger partial charge on any atom is -0.465 e. The summed E-state index contributed by atoms with van der Waals surface area (Å²) >= 11 is 0. The van der Waals surface area contributed by atoms with Gasteiger partial charge in [-0.15, -0.1) is 0 Å². The Bertz CT molecular complexity index is 1410. The summed E-state index contributed by atoms with van der Waals surface area (Å²) in [6, 6.07) is 4.84. The Balaban J connectivity index is 1.41. The number of anilines is 2. The number of hydrogen-bond acceptors (Lipinski definition) is 7. The van der Waals surface area contributed by atoms with Crippen LogP contribution in [0, 0.1) is 18.2 Å². The normalized spacial score (nSPS) is 17.8. The monoisotopic (exact) mass is 530 g/mol. The first-order valence-corrected chi connectivity index (χ1v) is 12.2. The SMILES string of the molecule is Cc1nc(NC(C)c2cccc(C(F)(F)C(C)(C)O)c2F)c2cc(N3CC4(CN(C(=O)O)C4)C3)cnc2n1. The van der Waals surface area contributed by atoms with Crippen LogP contribution < -0.4 is 10.2 Å². The van der Waals surface area contributed by atoms with Gasteiger partial charge in [-0.1, -0.05) is 12.1 Å². The third-order valence-electron chi connectivity index (χ3n) is 7.34. The highest BCUT2D eigenvalue weighted by Gasteiger charge is 2.53. The molecule has 38 heavy (non-hydrogen) atoms. The lowest BCUT2D eigenvalue weighted by molar-refractivity contribution is -0.170. The van der Waals surface area contributed by atoms with Crippen LogP contribution in [0.15, 0.2) is 30.5 Å². The maximum absolute atomic E-state index is 15.3. The number of halogens is 3. The summed E-state index contributed by atoms with van der Waals surface area (Å²) in [5.74, 6) is -4.10. The number of nitrogens with one attached hydrogen (secondary N) is 1. The Hall–Kier alpha value is -3.67. The molecule has 0 radical (unpaired) electrons. The van der Waals surface area contributed by atoms with Crippen molar-refractivity contribution in [3.8, 4) is 0 Å². The number of aromatic nitrogens is 3. The quantitative estimate of drug-likeness (QED) is 0.432. The van der Waals surface area contributed by atoms with Gasteiger partial charge in [0.25, 0.3) is 0 Å². The summed E-state index contributed by atoms with van der Waals surface area (Å²) in [5, 5.41) is 22.8. The molecule has 2 fully saturated rings. The van der Waals surface area contributed by atoms with Crippen molar-refractivity contribution in [1.82, 2.24) is 19.9 Å². The van der Waals surface area contributed by atoms with Gasteiger partial charge >= 0.3 is 12.0 Å². The van der Waals surface area contributed by atoms with Crippen molar-refractivity contribution in [1.29, 1.82) is 0 Å². The smallest absolute Gasteiger partial charge is 0.407 e. The fourth-order valence-corrected chi connectivity index (χ4v) is 5.18. The second-order valence-electron chi connectivity index (χ2n) is 10.9. The molecule has 2 aliphatic heterocycles. The molecule has 2 aromatic heterocycles. The molecule has 2 aliphatic rings. The number of fused-ring (bicyclic) bond motifs is 1. The number of aryl methyl sites for hydroxylation is 1. The molecule has 12 heteroatoms. The van der Waals surface area contributed by atoms with E-state index >= 15 is 4.39 Å². The summed E-state index contributed by atoms with van der Waals surface area (Å²) < 4.78 is 44.9. The minimum atomic E-state index is -3.81. The summed E-state index contributed by atoms with van der Waals surface area (Å²) in [6.07, 6.45) is 0.786. The number of amides is 1. The van der Waals surface area contributed by atoms with Crippen molar-refractivity contribution in [3.63, 3.8) is 0 Å². The van der Waals surface area contributed by atoms with Crippen molar-refractivity contribution >= 4 is 28.6 Å². The number of nitrogens with zero attached hydrogens (tertiary/aromatic N) is 5. The zero-order valence-electron chi connectivity index (χ0n) is 21.5. The minimum absolute atomic E-state index is 0.00222. The lowest BCUT2D eigenvalue weighted by Crippen LogP contribution is -2.73. The molecule has 3 aromatic rings. The first-order valence-electron chi connectivity index (χ1n) is 12.2. The van der Waals surface area contributed by atoms with Crippen LogP contribution in [0.25, 0.3) is 11.0 Å². The Morgan fingerprint density at radius 3 is 2.50 bits per heavy atom. The average molecular weight is 531 g/mol. The topological polar surface area (TPSA) is 115 Å². The van der Waals surface area contributed by atoms with Gasteiger partial charge in [0, 0.05) is 37.2 Å². The molecule has 1 unspecified atom stereocenters. The van der Waals surface area contributed by atoms with Gasteiger partial charge in [0.05, 0.1) is 28.9 Å². The molecule has 2 saturated heterocycles. The number of carbonyl (C=O) groups is 1. The van der Waals surface area contributed by atoms with Gasteiger partial charge in [-0.3, -0.25) is 0 Å². The maximum atomic E-state index is 15.3. The van der Waals surface area contributed by atoms with Crippen molar-refractivity contribution in [3.05, 3.63) is 53.2 Å². The van der Waals surface area contributed by atoms with E-state index in [1.165, 1.54) is 17.0 Å². The van der Waals surface area contributed by atoms with Crippen LogP contribution in [0.1, 0.15) is 43.8 Å². The van der Waals surface area contributed by atoms with Crippen molar-refractivity contribution in [2.24, 2.45) is 5.41 Å². The molecular formula is C26H29F3N6O3. The molecule has 4 heterocycles. The van der Waals surface area contributed by atoms with Gasteiger partial charge in [0.2, 0.25) is 0 Å². The third-order valence-corrected chi connectivity index (χ3v) is 7.34. The molecule has 9 nitrogen and oxygen atoms in total. The van der Waals surface area contributed by atoms with Crippen molar-refractivity contribution < 1.29 is 28.2 Å². The number of benzene rings is 1. The number of rotatable bonds is 6. The molecule has 0 bridgehead atoms. The molecule has 0 saturated carbocycles. The van der Waals surface area contributed by atoms with Gasteiger partial charge in [-0.05, 0) is 39.8 Å². The zero-order valence-corrected chi connectivity index (χ0v) is 21.5. The van der Waals surface area contributed by atoms with Gasteiger partial charge in [0.15, 0.2) is 5.65 Å². The highest BCUT2D eigenvalue weighted by Crippen LogP contribution is 2.43. The molecule has 1 atom stereocenters. The van der Waals surface area contributed by atoms with Crippen molar-refractivity contribution in [2.45, 2.75) is 45.3 Å². The predicted octanol–water partition coefficient (Wildman–Crippen LogP) is 4.31. The van der Waals surface area contributed by atoms with E-state index in [1.54, 1.807) is 20.0 Å². The average Bonchev–Trinajstić information content (AvgIpc) is 2.76. The Labute approximate surface area is 217 Å². The number of hydrogen-bond donors (Lipinski definition) is 3. The highest BCUT2D eigenvalue weighted by atomic mass is 19.3. The molecular weight excluding hydrogens is 501 g/mol. The van der Waals surface area contributed by atoms with Crippen LogP contribution in [-0.2, 0) is 5.92 Å². The van der Waals surface area contributed by atoms with Crippen LogP contribution in [0.5, 0.6) is 0 Å².